The van der Waals surface area contributed by atoms with Gasteiger partial charge in [-0.25, -0.2) is 9.59 Å². The Labute approximate surface area is 112 Å². The fourth-order valence-corrected chi connectivity index (χ4v) is 1.73. The predicted octanol–water partition coefficient (Wildman–Crippen LogP) is 1.68. The summed E-state index contributed by atoms with van der Waals surface area (Å²) in [6, 6.07) is -1.41. The first-order chi connectivity index (χ1) is 8.64. The SMILES string of the molecule is CC(OC(=O)N1CCCC(=O)C1C(=O)O)C(C)(C)C. The minimum absolute atomic E-state index is 0.190. The fourth-order valence-electron chi connectivity index (χ4n) is 1.73. The molecular weight excluding hydrogens is 250 g/mol. The van der Waals surface area contributed by atoms with Crippen LogP contribution in [0.3, 0.4) is 0 Å². The van der Waals surface area contributed by atoms with E-state index in [0.29, 0.717) is 6.42 Å². The van der Waals surface area contributed by atoms with Crippen LogP contribution in [0.15, 0.2) is 0 Å². The van der Waals surface area contributed by atoms with E-state index in [2.05, 4.69) is 0 Å². The van der Waals surface area contributed by atoms with Crippen molar-refractivity contribution < 1.29 is 24.2 Å². The molecule has 0 saturated carbocycles. The first-order valence-corrected chi connectivity index (χ1v) is 6.37. The second kappa shape index (κ2) is 5.59. The van der Waals surface area contributed by atoms with Gasteiger partial charge in [0.1, 0.15) is 6.10 Å². The Kier molecular flexibility index (Phi) is 4.55. The highest BCUT2D eigenvalue weighted by atomic mass is 16.6. The van der Waals surface area contributed by atoms with E-state index in [-0.39, 0.29) is 24.5 Å². The van der Waals surface area contributed by atoms with E-state index in [4.69, 9.17) is 9.84 Å². The lowest BCUT2D eigenvalue weighted by atomic mass is 9.90. The van der Waals surface area contributed by atoms with Gasteiger partial charge in [-0.3, -0.25) is 9.69 Å². The molecule has 1 aliphatic rings. The number of rotatable bonds is 2. The number of hydrogen-bond acceptors (Lipinski definition) is 4. The third-order valence-corrected chi connectivity index (χ3v) is 3.40. The van der Waals surface area contributed by atoms with E-state index in [1.165, 1.54) is 0 Å². The normalized spacial score (nSPS) is 22.0. The maximum Gasteiger partial charge on any atom is 0.411 e. The number of aliphatic carboxylic acids is 1. The number of amides is 1. The van der Waals surface area contributed by atoms with Crippen LogP contribution in [0.25, 0.3) is 0 Å². The van der Waals surface area contributed by atoms with E-state index < -0.39 is 23.9 Å². The summed E-state index contributed by atoms with van der Waals surface area (Å²) in [5.74, 6) is -1.75. The molecule has 2 atom stereocenters. The van der Waals surface area contributed by atoms with Crippen molar-refractivity contribution in [3.05, 3.63) is 0 Å². The molecular formula is C13H21NO5. The Morgan fingerprint density at radius 1 is 1.42 bits per heavy atom. The van der Waals surface area contributed by atoms with Crippen LogP contribution >= 0.6 is 0 Å². The lowest BCUT2D eigenvalue weighted by molar-refractivity contribution is -0.149. The summed E-state index contributed by atoms with van der Waals surface area (Å²) in [6.45, 7) is 7.74. The second-order valence-electron chi connectivity index (χ2n) is 5.90. The number of Topliss-reactive ketones (excluding diaryl/α,β-unsaturated/α-hetero) is 1. The van der Waals surface area contributed by atoms with Gasteiger partial charge in [-0.1, -0.05) is 20.8 Å². The molecule has 1 fully saturated rings. The number of carboxylic acid groups (broad SMARTS) is 1. The molecule has 0 spiro atoms. The van der Waals surface area contributed by atoms with Crippen molar-refractivity contribution in [2.45, 2.75) is 52.7 Å². The lowest BCUT2D eigenvalue weighted by Gasteiger charge is -2.34. The van der Waals surface area contributed by atoms with Crippen molar-refractivity contribution in [3.63, 3.8) is 0 Å². The van der Waals surface area contributed by atoms with Gasteiger partial charge < -0.3 is 9.84 Å². The van der Waals surface area contributed by atoms with Crippen molar-refractivity contribution in [2.24, 2.45) is 5.41 Å². The molecule has 1 aliphatic heterocycles. The highest BCUT2D eigenvalue weighted by Crippen LogP contribution is 2.24. The smallest absolute Gasteiger partial charge is 0.411 e. The van der Waals surface area contributed by atoms with E-state index in [1.54, 1.807) is 6.92 Å². The Balaban J connectivity index is 2.79. The summed E-state index contributed by atoms with van der Waals surface area (Å²) >= 11 is 0. The monoisotopic (exact) mass is 271 g/mol. The average Bonchev–Trinajstić information content (AvgIpc) is 2.26. The molecule has 0 aromatic rings. The zero-order valence-corrected chi connectivity index (χ0v) is 11.8. The third-order valence-electron chi connectivity index (χ3n) is 3.40. The number of ether oxygens (including phenoxy) is 1. The standard InChI is InChI=1S/C13H21NO5/c1-8(13(2,3)4)19-12(18)14-7-5-6-9(15)10(14)11(16)17/h8,10H,5-7H2,1-4H3,(H,16,17). The predicted molar refractivity (Wildman–Crippen MR) is 67.8 cm³/mol. The number of hydrogen-bond donors (Lipinski definition) is 1. The van der Waals surface area contributed by atoms with Crippen LogP contribution in [-0.2, 0) is 14.3 Å². The quantitative estimate of drug-likeness (QED) is 0.772. The first-order valence-electron chi connectivity index (χ1n) is 6.37. The van der Waals surface area contributed by atoms with E-state index in [1.807, 2.05) is 20.8 Å². The molecule has 1 rings (SSSR count). The Morgan fingerprint density at radius 2 is 2.00 bits per heavy atom. The molecule has 0 bridgehead atoms. The minimum Gasteiger partial charge on any atom is -0.479 e. The second-order valence-corrected chi connectivity index (χ2v) is 5.90. The Hall–Kier alpha value is -1.59. The highest BCUT2D eigenvalue weighted by molar-refractivity contribution is 6.05. The van der Waals surface area contributed by atoms with Crippen LogP contribution < -0.4 is 0 Å². The van der Waals surface area contributed by atoms with Crippen LogP contribution in [0.4, 0.5) is 4.79 Å². The minimum atomic E-state index is -1.41. The van der Waals surface area contributed by atoms with Crippen molar-refractivity contribution in [2.75, 3.05) is 6.54 Å². The van der Waals surface area contributed by atoms with E-state index in [0.717, 1.165) is 4.90 Å². The molecule has 0 aliphatic carbocycles. The van der Waals surface area contributed by atoms with Crippen LogP contribution in [0.1, 0.15) is 40.5 Å². The summed E-state index contributed by atoms with van der Waals surface area (Å²) in [7, 11) is 0. The number of carboxylic acids is 1. The van der Waals surface area contributed by atoms with E-state index >= 15 is 0 Å². The fraction of sp³-hybridized carbons (Fsp3) is 0.769. The van der Waals surface area contributed by atoms with Crippen molar-refractivity contribution in [3.8, 4) is 0 Å². The van der Waals surface area contributed by atoms with Gasteiger partial charge >= 0.3 is 12.1 Å². The lowest BCUT2D eigenvalue weighted by Crippen LogP contribution is -2.54. The summed E-state index contributed by atoms with van der Waals surface area (Å²) in [6.07, 6.45) is -0.439. The largest absolute Gasteiger partial charge is 0.479 e. The van der Waals surface area contributed by atoms with Crippen molar-refractivity contribution >= 4 is 17.8 Å². The first kappa shape index (κ1) is 15.5. The van der Waals surface area contributed by atoms with Crippen molar-refractivity contribution in [1.82, 2.24) is 4.90 Å². The number of likely N-dealkylation sites (tertiary alicyclic amines) is 1. The summed E-state index contributed by atoms with van der Waals surface area (Å²) in [5.41, 5.74) is -0.242. The van der Waals surface area contributed by atoms with Gasteiger partial charge in [0.25, 0.3) is 0 Å². The Bertz CT molecular complexity index is 385. The average molecular weight is 271 g/mol. The van der Waals surface area contributed by atoms with Crippen LogP contribution in [0.5, 0.6) is 0 Å². The molecule has 1 heterocycles. The van der Waals surface area contributed by atoms with Crippen molar-refractivity contribution in [1.29, 1.82) is 0 Å². The van der Waals surface area contributed by atoms with Gasteiger partial charge in [0.2, 0.25) is 0 Å². The van der Waals surface area contributed by atoms with Crippen LogP contribution in [0.2, 0.25) is 0 Å². The summed E-state index contributed by atoms with van der Waals surface area (Å²) in [4.78, 5) is 35.7. The molecule has 0 radical (unpaired) electrons. The number of carbonyl (C=O) groups excluding carboxylic acids is 2. The molecule has 1 N–H and O–H groups in total. The van der Waals surface area contributed by atoms with Crippen LogP contribution in [0, 0.1) is 5.41 Å². The van der Waals surface area contributed by atoms with Gasteiger partial charge in [0.05, 0.1) is 0 Å². The Morgan fingerprint density at radius 3 is 2.47 bits per heavy atom. The molecule has 6 heteroatoms. The molecule has 19 heavy (non-hydrogen) atoms. The van der Waals surface area contributed by atoms with Gasteiger partial charge in [0, 0.05) is 13.0 Å². The number of piperidine rings is 1. The molecule has 1 saturated heterocycles. The molecule has 6 nitrogen and oxygen atoms in total. The van der Waals surface area contributed by atoms with Gasteiger partial charge in [-0.15, -0.1) is 0 Å². The number of nitrogens with zero attached hydrogens (tertiary/aromatic N) is 1. The van der Waals surface area contributed by atoms with Gasteiger partial charge in [0.15, 0.2) is 11.8 Å². The molecule has 0 aromatic carbocycles. The number of ketones is 1. The van der Waals surface area contributed by atoms with Gasteiger partial charge in [-0.05, 0) is 18.8 Å². The molecule has 108 valence electrons. The summed E-state index contributed by atoms with van der Waals surface area (Å²) in [5, 5.41) is 9.05. The maximum absolute atomic E-state index is 12.0. The summed E-state index contributed by atoms with van der Waals surface area (Å²) < 4.78 is 5.25. The highest BCUT2D eigenvalue weighted by Gasteiger charge is 2.40. The topological polar surface area (TPSA) is 83.9 Å². The third kappa shape index (κ3) is 3.68. The molecule has 2 unspecified atom stereocenters. The van der Waals surface area contributed by atoms with E-state index in [9.17, 15) is 14.4 Å². The van der Waals surface area contributed by atoms with Crippen LogP contribution in [-0.4, -0.2) is 46.5 Å². The number of carbonyl (C=O) groups is 3. The zero-order chi connectivity index (χ0) is 14.8. The maximum atomic E-state index is 12.0. The molecule has 1 amide bonds. The molecule has 0 aromatic heterocycles. The van der Waals surface area contributed by atoms with Gasteiger partial charge in [-0.2, -0.15) is 0 Å². The zero-order valence-electron chi connectivity index (χ0n) is 11.8.